The maximum atomic E-state index is 9.49. The largest absolute Gasteiger partial charge is 0.363 e. The normalized spacial score (nSPS) is 43.0. The summed E-state index contributed by atoms with van der Waals surface area (Å²) in [7, 11) is 0. The Labute approximate surface area is 87.1 Å². The number of hydrogen-bond donors (Lipinski definition) is 2. The van der Waals surface area contributed by atoms with Crippen LogP contribution in [0.3, 0.4) is 0 Å². The quantitative estimate of drug-likeness (QED) is 0.716. The van der Waals surface area contributed by atoms with E-state index in [9.17, 15) is 10.2 Å². The van der Waals surface area contributed by atoms with Crippen LogP contribution in [0.15, 0.2) is 0 Å². The highest BCUT2D eigenvalue weighted by molar-refractivity contribution is 9.09. The number of hydrogen-bond acceptors (Lipinski definition) is 4. The van der Waals surface area contributed by atoms with Crippen LogP contribution < -0.4 is 0 Å². The third kappa shape index (κ3) is 2.40. The monoisotopic (exact) mass is 304 g/mol. The molecular weight excluding hydrogens is 296 g/mol. The lowest BCUT2D eigenvalue weighted by Gasteiger charge is -2.39. The van der Waals surface area contributed by atoms with Crippen molar-refractivity contribution in [2.75, 3.05) is 23.9 Å². The highest BCUT2D eigenvalue weighted by Crippen LogP contribution is 2.24. The second-order valence-corrected chi connectivity index (χ2v) is 3.86. The van der Waals surface area contributed by atoms with E-state index in [2.05, 4.69) is 31.9 Å². The van der Waals surface area contributed by atoms with Gasteiger partial charge in [0, 0.05) is 0 Å². The van der Waals surface area contributed by atoms with E-state index >= 15 is 0 Å². The molecule has 1 aliphatic heterocycles. The number of alkyl halides is 2. The van der Waals surface area contributed by atoms with Crippen molar-refractivity contribution in [3.05, 3.63) is 0 Å². The Kier molecular flexibility index (Phi) is 3.53. The number of halogens is 2. The highest BCUT2D eigenvalue weighted by atomic mass is 79.9. The van der Waals surface area contributed by atoms with Crippen LogP contribution in [0.4, 0.5) is 0 Å². The molecule has 1 fully saturated rings. The molecule has 1 rings (SSSR count). The summed E-state index contributed by atoms with van der Waals surface area (Å²) in [6, 6.07) is 0. The zero-order chi connectivity index (χ0) is 9.24. The summed E-state index contributed by atoms with van der Waals surface area (Å²) in [4.78, 5) is 0. The average Bonchev–Trinajstić information content (AvgIpc) is 2.11. The van der Waals surface area contributed by atoms with Gasteiger partial charge < -0.3 is 19.7 Å². The lowest BCUT2D eigenvalue weighted by atomic mass is 10.2. The number of ether oxygens (including phenoxy) is 2. The molecule has 1 aliphatic rings. The Morgan fingerprint density at radius 2 is 1.33 bits per heavy atom. The molecule has 0 aliphatic carbocycles. The lowest BCUT2D eigenvalue weighted by molar-refractivity contribution is -0.348. The fourth-order valence-electron chi connectivity index (χ4n) is 0.732. The number of rotatable bonds is 2. The molecule has 2 N–H and O–H groups in total. The van der Waals surface area contributed by atoms with Gasteiger partial charge in [-0.3, -0.25) is 0 Å². The van der Waals surface area contributed by atoms with Crippen molar-refractivity contribution in [2.24, 2.45) is 0 Å². The summed E-state index contributed by atoms with van der Waals surface area (Å²) in [5.41, 5.74) is 0. The second-order valence-electron chi connectivity index (χ2n) is 2.74. The van der Waals surface area contributed by atoms with Crippen molar-refractivity contribution < 1.29 is 19.7 Å². The van der Waals surface area contributed by atoms with E-state index < -0.39 is 11.6 Å². The fourth-order valence-corrected chi connectivity index (χ4v) is 1.38. The van der Waals surface area contributed by atoms with Crippen LogP contribution >= 0.6 is 31.9 Å². The van der Waals surface area contributed by atoms with Crippen LogP contribution in [-0.4, -0.2) is 45.7 Å². The van der Waals surface area contributed by atoms with Crippen LogP contribution in [0.25, 0.3) is 0 Å². The highest BCUT2D eigenvalue weighted by Gasteiger charge is 2.41. The smallest absolute Gasteiger partial charge is 0.199 e. The molecule has 0 saturated carbocycles. The Hall–Kier alpha value is 0.800. The van der Waals surface area contributed by atoms with E-state index in [0.717, 1.165) is 0 Å². The molecule has 72 valence electrons. The van der Waals surface area contributed by atoms with Crippen molar-refractivity contribution in [3.63, 3.8) is 0 Å². The summed E-state index contributed by atoms with van der Waals surface area (Å²) >= 11 is 6.16. The lowest BCUT2D eigenvalue weighted by Crippen LogP contribution is -2.55. The molecule has 4 nitrogen and oxygen atoms in total. The maximum Gasteiger partial charge on any atom is 0.199 e. The first-order chi connectivity index (χ1) is 5.54. The molecule has 0 amide bonds. The van der Waals surface area contributed by atoms with Crippen LogP contribution in [0.5, 0.6) is 0 Å². The molecule has 0 aromatic rings. The molecule has 12 heavy (non-hydrogen) atoms. The molecule has 0 radical (unpaired) electrons. The summed E-state index contributed by atoms with van der Waals surface area (Å²) in [6.45, 7) is -0.0826. The first-order valence-electron chi connectivity index (χ1n) is 3.38. The predicted molar refractivity (Wildman–Crippen MR) is 49.4 cm³/mol. The Balaban J connectivity index is 2.49. The molecule has 2 unspecified atom stereocenters. The van der Waals surface area contributed by atoms with E-state index in [1.807, 2.05) is 0 Å². The van der Waals surface area contributed by atoms with Gasteiger partial charge in [0.1, 0.15) is 13.2 Å². The van der Waals surface area contributed by atoms with Crippen molar-refractivity contribution in [3.8, 4) is 0 Å². The van der Waals surface area contributed by atoms with E-state index in [-0.39, 0.29) is 23.9 Å². The topological polar surface area (TPSA) is 58.9 Å². The SMILES string of the molecule is OC1(CBr)COC(O)(CBr)CO1. The first-order valence-corrected chi connectivity index (χ1v) is 5.62. The Morgan fingerprint density at radius 3 is 1.50 bits per heavy atom. The van der Waals surface area contributed by atoms with Gasteiger partial charge >= 0.3 is 0 Å². The molecule has 1 saturated heterocycles. The predicted octanol–water partition coefficient (Wildman–Crippen LogP) is 0.200. The first kappa shape index (κ1) is 10.9. The van der Waals surface area contributed by atoms with Gasteiger partial charge in [-0.1, -0.05) is 31.9 Å². The molecule has 0 spiro atoms. The zero-order valence-electron chi connectivity index (χ0n) is 6.30. The minimum Gasteiger partial charge on any atom is -0.363 e. The third-order valence-corrected chi connectivity index (χ3v) is 3.30. The van der Waals surface area contributed by atoms with Gasteiger partial charge in [-0.25, -0.2) is 0 Å². The Bertz CT molecular complexity index is 138. The van der Waals surface area contributed by atoms with E-state index in [1.165, 1.54) is 0 Å². The van der Waals surface area contributed by atoms with Gasteiger partial charge in [0.25, 0.3) is 0 Å². The van der Waals surface area contributed by atoms with Gasteiger partial charge in [-0.05, 0) is 0 Å². The molecule has 1 heterocycles. The van der Waals surface area contributed by atoms with Crippen LogP contribution in [-0.2, 0) is 9.47 Å². The van der Waals surface area contributed by atoms with Gasteiger partial charge in [0.15, 0.2) is 11.6 Å². The molecule has 0 bridgehead atoms. The van der Waals surface area contributed by atoms with Crippen LogP contribution in [0.2, 0.25) is 0 Å². The summed E-state index contributed by atoms with van der Waals surface area (Å²) < 4.78 is 10.0. The molecular formula is C6H10Br2O4. The minimum atomic E-state index is -1.31. The van der Waals surface area contributed by atoms with Gasteiger partial charge in [0.2, 0.25) is 0 Å². The second kappa shape index (κ2) is 3.89. The van der Waals surface area contributed by atoms with E-state index in [4.69, 9.17) is 9.47 Å². The summed E-state index contributed by atoms with van der Waals surface area (Å²) in [5.74, 6) is -2.62. The van der Waals surface area contributed by atoms with Crippen molar-refractivity contribution in [2.45, 2.75) is 11.6 Å². The van der Waals surface area contributed by atoms with Crippen molar-refractivity contribution >= 4 is 31.9 Å². The molecule has 0 aromatic carbocycles. The summed E-state index contributed by atoms with van der Waals surface area (Å²) in [5, 5.41) is 19.5. The van der Waals surface area contributed by atoms with Crippen molar-refractivity contribution in [1.82, 2.24) is 0 Å². The van der Waals surface area contributed by atoms with Gasteiger partial charge in [-0.15, -0.1) is 0 Å². The zero-order valence-corrected chi connectivity index (χ0v) is 9.47. The maximum absolute atomic E-state index is 9.49. The number of aliphatic hydroxyl groups is 2. The van der Waals surface area contributed by atoms with Gasteiger partial charge in [-0.2, -0.15) is 0 Å². The molecule has 0 aromatic heterocycles. The molecule has 2 atom stereocenters. The average molecular weight is 306 g/mol. The van der Waals surface area contributed by atoms with E-state index in [1.54, 1.807) is 0 Å². The van der Waals surface area contributed by atoms with Crippen LogP contribution in [0.1, 0.15) is 0 Å². The minimum absolute atomic E-state index is 0.0413. The van der Waals surface area contributed by atoms with Crippen molar-refractivity contribution in [1.29, 1.82) is 0 Å². The van der Waals surface area contributed by atoms with Gasteiger partial charge in [0.05, 0.1) is 10.7 Å². The van der Waals surface area contributed by atoms with E-state index in [0.29, 0.717) is 0 Å². The Morgan fingerprint density at radius 1 is 1.00 bits per heavy atom. The van der Waals surface area contributed by atoms with Crippen LogP contribution in [0, 0.1) is 0 Å². The third-order valence-electron chi connectivity index (χ3n) is 1.55. The standard InChI is InChI=1S/C6H10Br2O4/c7-1-5(9)3-12-6(10,2-8)4-11-5/h9-10H,1-4H2. The molecule has 6 heteroatoms. The summed E-state index contributed by atoms with van der Waals surface area (Å²) in [6.07, 6.45) is 0. The fraction of sp³-hybridized carbons (Fsp3) is 1.00.